The molecule has 2 aromatic carbocycles. The second-order valence-electron chi connectivity index (χ2n) is 15.3. The summed E-state index contributed by atoms with van der Waals surface area (Å²) in [5, 5.41) is 10.9. The van der Waals surface area contributed by atoms with Crippen LogP contribution in [0.25, 0.3) is 18.5 Å². The Hall–Kier alpha value is -3.84. The summed E-state index contributed by atoms with van der Waals surface area (Å²) >= 11 is 0. The summed E-state index contributed by atoms with van der Waals surface area (Å²) in [5.41, 5.74) is 5.56. The molecular formula is C45H69N5O2. The first kappa shape index (κ1) is 42.6. The smallest absolute Gasteiger partial charge is 0.256 e. The molecule has 286 valence electrons. The van der Waals surface area contributed by atoms with Gasteiger partial charge in [0, 0.05) is 36.9 Å². The number of hydrogen-bond acceptors (Lipinski definition) is 5. The second kappa shape index (κ2) is 21.6. The summed E-state index contributed by atoms with van der Waals surface area (Å²) < 4.78 is 1.88. The molecule has 2 aliphatic rings. The number of carbonyl (C=O) groups excluding carboxylic acids is 1. The summed E-state index contributed by atoms with van der Waals surface area (Å²) in [6, 6.07) is 14.6. The monoisotopic (exact) mass is 712 g/mol. The molecule has 0 saturated carbocycles. The van der Waals surface area contributed by atoms with Crippen LogP contribution in [0.5, 0.6) is 0 Å². The molecule has 52 heavy (non-hydrogen) atoms. The topological polar surface area (TPSA) is 78.4 Å². The Bertz CT molecular complexity index is 1730. The van der Waals surface area contributed by atoms with Gasteiger partial charge in [0.25, 0.3) is 5.91 Å². The van der Waals surface area contributed by atoms with E-state index >= 15 is 0 Å². The van der Waals surface area contributed by atoms with Gasteiger partial charge in [0.2, 0.25) is 5.43 Å². The van der Waals surface area contributed by atoms with E-state index in [0.717, 1.165) is 43.0 Å². The van der Waals surface area contributed by atoms with E-state index in [1.165, 1.54) is 62.0 Å². The van der Waals surface area contributed by atoms with Gasteiger partial charge in [0.1, 0.15) is 5.56 Å². The van der Waals surface area contributed by atoms with Gasteiger partial charge in [-0.2, -0.15) is 0 Å². The SMILES string of the molecule is C=c1/c(=C\NC(Nc2cccc(C)c2)C(C)CC)c(=O)c(C(=O)NCC(C)C)cn1-c1ccc2c(c1)CCC2.CCCC.CCN1CCCC(C)C1. The first-order valence-electron chi connectivity index (χ1n) is 20.1. The van der Waals surface area contributed by atoms with Crippen molar-refractivity contribution in [3.05, 3.63) is 91.7 Å². The van der Waals surface area contributed by atoms with Gasteiger partial charge < -0.3 is 25.4 Å². The van der Waals surface area contributed by atoms with E-state index in [1.807, 2.05) is 30.5 Å². The fourth-order valence-electron chi connectivity index (χ4n) is 6.56. The van der Waals surface area contributed by atoms with Crippen molar-refractivity contribution in [2.24, 2.45) is 17.8 Å². The number of rotatable bonds is 12. The molecule has 3 aromatic rings. The predicted molar refractivity (Wildman–Crippen MR) is 223 cm³/mol. The van der Waals surface area contributed by atoms with Crippen LogP contribution < -0.4 is 31.9 Å². The molecule has 3 unspecified atom stereocenters. The second-order valence-corrected chi connectivity index (χ2v) is 15.3. The molecule has 2 heterocycles. The Kier molecular flexibility index (Phi) is 17.7. The van der Waals surface area contributed by atoms with Crippen LogP contribution in [0.1, 0.15) is 121 Å². The van der Waals surface area contributed by atoms with Crippen molar-refractivity contribution in [1.82, 2.24) is 20.1 Å². The molecule has 5 rings (SSSR count). The van der Waals surface area contributed by atoms with E-state index in [0.29, 0.717) is 17.1 Å². The van der Waals surface area contributed by atoms with Gasteiger partial charge in [-0.05, 0) is 117 Å². The zero-order valence-electron chi connectivity index (χ0n) is 33.9. The molecule has 7 nitrogen and oxygen atoms in total. The van der Waals surface area contributed by atoms with Crippen molar-refractivity contribution in [1.29, 1.82) is 0 Å². The lowest BCUT2D eigenvalue weighted by atomic mass is 10.0. The van der Waals surface area contributed by atoms with Crippen molar-refractivity contribution in [2.75, 3.05) is 31.5 Å². The minimum atomic E-state index is -0.366. The van der Waals surface area contributed by atoms with Crippen LogP contribution in [0.2, 0.25) is 0 Å². The van der Waals surface area contributed by atoms with Crippen LogP contribution in [0, 0.1) is 24.7 Å². The van der Waals surface area contributed by atoms with E-state index in [2.05, 4.69) is 106 Å². The fourth-order valence-corrected chi connectivity index (χ4v) is 6.56. The Morgan fingerprint density at radius 2 is 1.73 bits per heavy atom. The van der Waals surface area contributed by atoms with Gasteiger partial charge in [-0.25, -0.2) is 0 Å². The number of anilines is 1. The number of fused-ring (bicyclic) bond motifs is 1. The number of benzene rings is 2. The molecule has 1 aliphatic carbocycles. The van der Waals surface area contributed by atoms with Crippen molar-refractivity contribution < 1.29 is 4.79 Å². The normalized spacial score (nSPS) is 16.9. The number of nitrogens with one attached hydrogen (secondary N) is 3. The van der Waals surface area contributed by atoms with Gasteiger partial charge in [-0.3, -0.25) is 9.59 Å². The minimum absolute atomic E-state index is 0.114. The van der Waals surface area contributed by atoms with Gasteiger partial charge in [0.15, 0.2) is 0 Å². The van der Waals surface area contributed by atoms with Crippen LogP contribution in [-0.4, -0.2) is 47.7 Å². The van der Waals surface area contributed by atoms with Crippen molar-refractivity contribution in [3.8, 4) is 5.69 Å². The molecule has 0 bridgehead atoms. The maximum absolute atomic E-state index is 13.7. The third-order valence-corrected chi connectivity index (χ3v) is 10.3. The number of carbonyl (C=O) groups is 1. The first-order chi connectivity index (χ1) is 24.9. The molecular weight excluding hydrogens is 643 g/mol. The molecule has 1 aromatic heterocycles. The zero-order valence-corrected chi connectivity index (χ0v) is 33.9. The van der Waals surface area contributed by atoms with Crippen LogP contribution in [0.15, 0.2) is 53.5 Å². The summed E-state index contributed by atoms with van der Waals surface area (Å²) in [7, 11) is 0. The maximum atomic E-state index is 13.7. The third-order valence-electron chi connectivity index (χ3n) is 10.3. The van der Waals surface area contributed by atoms with E-state index in [1.54, 1.807) is 12.4 Å². The number of hydrogen-bond donors (Lipinski definition) is 3. The molecule has 1 aliphatic heterocycles. The van der Waals surface area contributed by atoms with Crippen molar-refractivity contribution >= 4 is 24.4 Å². The van der Waals surface area contributed by atoms with Crippen LogP contribution in [-0.2, 0) is 12.8 Å². The number of likely N-dealkylation sites (tertiary alicyclic amines) is 1. The number of pyridine rings is 1. The molecule has 1 saturated heterocycles. The van der Waals surface area contributed by atoms with Crippen LogP contribution in [0.4, 0.5) is 5.69 Å². The van der Waals surface area contributed by atoms with E-state index in [-0.39, 0.29) is 34.9 Å². The predicted octanol–water partition coefficient (Wildman–Crippen LogP) is 7.79. The molecule has 0 spiro atoms. The number of aromatic nitrogens is 1. The lowest BCUT2D eigenvalue weighted by Crippen LogP contribution is -2.50. The van der Waals surface area contributed by atoms with Gasteiger partial charge in [0.05, 0.1) is 16.7 Å². The molecule has 3 atom stereocenters. The summed E-state index contributed by atoms with van der Waals surface area (Å²) in [5.74, 6) is 1.12. The fraction of sp³-hybridized carbons (Fsp3) is 0.556. The van der Waals surface area contributed by atoms with E-state index < -0.39 is 0 Å². The Labute approximate surface area is 315 Å². The number of amides is 1. The van der Waals surface area contributed by atoms with E-state index in [4.69, 9.17) is 0 Å². The van der Waals surface area contributed by atoms with Gasteiger partial charge >= 0.3 is 0 Å². The van der Waals surface area contributed by atoms with Crippen molar-refractivity contribution in [3.63, 3.8) is 0 Å². The van der Waals surface area contributed by atoms with E-state index in [9.17, 15) is 9.59 Å². The molecule has 0 radical (unpaired) electrons. The first-order valence-corrected chi connectivity index (χ1v) is 20.1. The summed E-state index contributed by atoms with van der Waals surface area (Å²) in [6.45, 7) is 28.1. The molecule has 3 N–H and O–H groups in total. The lowest BCUT2D eigenvalue weighted by Gasteiger charge is -2.29. The number of nitrogens with zero attached hydrogens (tertiary/aromatic N) is 2. The summed E-state index contributed by atoms with van der Waals surface area (Å²) in [6.07, 6.45) is 13.0. The van der Waals surface area contributed by atoms with Crippen molar-refractivity contribution in [2.45, 2.75) is 120 Å². The zero-order chi connectivity index (χ0) is 38.2. The quantitative estimate of drug-likeness (QED) is 0.167. The van der Waals surface area contributed by atoms with Gasteiger partial charge in [-0.1, -0.05) is 93.0 Å². The average molecular weight is 712 g/mol. The Morgan fingerprint density at radius 3 is 2.35 bits per heavy atom. The average Bonchev–Trinajstić information content (AvgIpc) is 3.61. The molecule has 7 heteroatoms. The highest BCUT2D eigenvalue weighted by Crippen LogP contribution is 2.24. The van der Waals surface area contributed by atoms with Crippen LogP contribution >= 0.6 is 0 Å². The molecule has 1 fully saturated rings. The lowest BCUT2D eigenvalue weighted by molar-refractivity contribution is 0.0947. The standard InChI is InChI=1S/C33H42N4O2.C8H17N.C4H10/c1-7-23(5)32(36-27-13-8-10-22(4)16-27)34-19-29-24(6)37(28-15-14-25-11-9-12-26(25)17-28)20-30(31(29)38)33(39)35-18-21(2)3;1-3-9-6-4-5-8(2)7-9;1-3-4-2/h8,10,13-17,19-21,23,32,34,36H,6-7,9,11-12,18H2,1-5H3,(H,35,39);8H,3-7H2,1-2H3;3-4H2,1-2H3/b29-19+;;. The largest absolute Gasteiger partial charge is 0.370 e. The minimum Gasteiger partial charge on any atom is -0.370 e. The highest BCUT2D eigenvalue weighted by Gasteiger charge is 2.19. The Balaban J connectivity index is 0.000000473. The number of aryl methyl sites for hydroxylation is 3. The number of unbranched alkanes of at least 4 members (excludes halogenated alkanes) is 1. The van der Waals surface area contributed by atoms with Crippen LogP contribution in [0.3, 0.4) is 0 Å². The summed E-state index contributed by atoms with van der Waals surface area (Å²) in [4.78, 5) is 29.4. The third kappa shape index (κ3) is 12.7. The maximum Gasteiger partial charge on any atom is 0.256 e. The highest BCUT2D eigenvalue weighted by atomic mass is 16.2. The molecule has 1 amide bonds. The Morgan fingerprint density at radius 1 is 1.00 bits per heavy atom. The number of piperidine rings is 1. The van der Waals surface area contributed by atoms with Gasteiger partial charge in [-0.15, -0.1) is 0 Å². The highest BCUT2D eigenvalue weighted by molar-refractivity contribution is 5.94.